The van der Waals surface area contributed by atoms with Gasteiger partial charge in [0.05, 0.1) is 0 Å². The van der Waals surface area contributed by atoms with Gasteiger partial charge in [0.2, 0.25) is 0 Å². The van der Waals surface area contributed by atoms with Gasteiger partial charge in [0.1, 0.15) is 0 Å². The van der Waals surface area contributed by atoms with E-state index < -0.39 is 84.4 Å². The lowest BCUT2D eigenvalue weighted by Gasteiger charge is -2.16. The highest BCUT2D eigenvalue weighted by Gasteiger charge is 2.51. The zero-order valence-corrected chi connectivity index (χ0v) is 53.4. The first-order valence-corrected chi connectivity index (χ1v) is 31.2. The summed E-state index contributed by atoms with van der Waals surface area (Å²) in [6.45, 7) is 0. The molecule has 0 unspecified atom stereocenters. The summed E-state index contributed by atoms with van der Waals surface area (Å²) in [5, 5.41) is 23.4. The Balaban J connectivity index is 0.000000885. The summed E-state index contributed by atoms with van der Waals surface area (Å²) in [5.74, 6) is 0. The van der Waals surface area contributed by atoms with Gasteiger partial charge in [0.25, 0.3) is 0 Å². The van der Waals surface area contributed by atoms with E-state index in [0.717, 1.165) is 45.5 Å². The van der Waals surface area contributed by atoms with Crippen molar-refractivity contribution >= 4 is 79.0 Å². The summed E-state index contributed by atoms with van der Waals surface area (Å²) in [6, 6.07) is 20.5. The standard InChI is InChI=1S/C42H53N10O2.5CHF3O3S/c1-43(2)31-11-21-48(22-12-31)37-36(42(53)54)38(49-23-13-32(14-24-49)44(3)4)40(51-27-17-34(18-28-51)46(7)8)41(52-29-19-35(20-30-52)47(9)10)39(37)50-25-15-33(16-26-50)45(5)6;5*2-1(3,4)8(5,6)7/h11-30,42,53-54H,1-10H3;5*(H,5,6,7)/q+5;;;;;/p-5. The molecule has 1 aromatic carbocycles. The van der Waals surface area contributed by atoms with Crippen LogP contribution in [0.3, 0.4) is 0 Å². The van der Waals surface area contributed by atoms with Crippen LogP contribution in [0.1, 0.15) is 11.9 Å². The van der Waals surface area contributed by atoms with E-state index in [1.165, 1.54) is 0 Å². The number of hydrogen-bond acceptors (Lipinski definition) is 22. The van der Waals surface area contributed by atoms with Crippen molar-refractivity contribution in [3.05, 3.63) is 128 Å². The Labute approximate surface area is 526 Å². The maximum atomic E-state index is 11.7. The molecule has 6 rings (SSSR count). The van der Waals surface area contributed by atoms with Crippen molar-refractivity contribution in [1.29, 1.82) is 0 Å². The zero-order valence-electron chi connectivity index (χ0n) is 49.3. The molecular weight excluding hydrogens is 1420 g/mol. The van der Waals surface area contributed by atoms with Crippen LogP contribution in [0, 0.1) is 0 Å². The first-order chi connectivity index (χ1) is 42.0. The van der Waals surface area contributed by atoms with Gasteiger partial charge >= 0.3 is 56.0 Å². The molecule has 0 atom stereocenters. The Bertz CT molecular complexity index is 3710. The van der Waals surface area contributed by atoms with E-state index in [1.807, 2.05) is 163 Å². The maximum absolute atomic E-state index is 11.7. The van der Waals surface area contributed by atoms with Crippen LogP contribution in [0.25, 0.3) is 28.4 Å². The van der Waals surface area contributed by atoms with Gasteiger partial charge < -0.3 is 57.5 Å². The minimum absolute atomic E-state index is 0.327. The van der Waals surface area contributed by atoms with E-state index in [9.17, 15) is 76.1 Å². The van der Waals surface area contributed by atoms with Crippen molar-refractivity contribution in [2.75, 3.05) is 95.0 Å². The predicted octanol–water partition coefficient (Wildman–Crippen LogP) is 2.64. The molecule has 47 heteroatoms. The number of hydrogen-bond donors (Lipinski definition) is 2. The Morgan fingerprint density at radius 2 is 0.394 bits per heavy atom. The van der Waals surface area contributed by atoms with E-state index in [4.69, 9.17) is 64.9 Å². The van der Waals surface area contributed by atoms with Crippen LogP contribution in [0.15, 0.2) is 123 Å². The van der Waals surface area contributed by atoms with Crippen molar-refractivity contribution in [3.63, 3.8) is 0 Å². The van der Waals surface area contributed by atoms with E-state index in [2.05, 4.69) is 77.2 Å². The molecule has 5 aromatic heterocycles. The van der Waals surface area contributed by atoms with Gasteiger partial charge in [0.15, 0.2) is 124 Å². The molecule has 0 spiro atoms. The van der Waals surface area contributed by atoms with Crippen LogP contribution in [0.2, 0.25) is 0 Å². The molecule has 0 bridgehead atoms. The smallest absolute Gasteiger partial charge is 0.485 e. The van der Waals surface area contributed by atoms with E-state index in [-0.39, 0.29) is 0 Å². The molecule has 0 saturated carbocycles. The SMILES string of the molecule is CN(C)c1cc[n+](-c2c(C(O)O)c(-[n+]3ccc(N(C)C)cc3)c(-[n+]3ccc(N(C)C)cc3)c(-[n+]3ccc(N(C)C)cc3)c2-[n+]2ccc(N(C)C)cc2)cc1.O=S(=O)([O-])C(F)(F)F.O=S(=O)([O-])C(F)(F)F.O=S(=O)([O-])C(F)(F)F.O=S(=O)([O-])C(F)(F)F.O=S(=O)([O-])C(F)(F)F. The summed E-state index contributed by atoms with van der Waals surface area (Å²) in [6.07, 6.45) is 18.2. The summed E-state index contributed by atoms with van der Waals surface area (Å²) >= 11 is 0. The number of aliphatic hydroxyl groups is 2. The second-order valence-electron chi connectivity index (χ2n) is 18.8. The number of alkyl halides is 15. The molecule has 0 aliphatic carbocycles. The van der Waals surface area contributed by atoms with E-state index in [1.54, 1.807) is 0 Å². The number of nitrogens with zero attached hydrogens (tertiary/aromatic N) is 10. The van der Waals surface area contributed by atoms with Crippen LogP contribution >= 0.6 is 0 Å². The highest BCUT2D eigenvalue weighted by Crippen LogP contribution is 2.35. The van der Waals surface area contributed by atoms with Crippen molar-refractivity contribution in [2.45, 2.75) is 33.8 Å². The van der Waals surface area contributed by atoms with E-state index in [0.29, 0.717) is 16.9 Å². The van der Waals surface area contributed by atoms with Gasteiger partial charge in [0, 0.05) is 160 Å². The van der Waals surface area contributed by atoms with Gasteiger partial charge in [-0.05, 0) is 0 Å². The highest BCUT2D eigenvalue weighted by atomic mass is 32.2. The fourth-order valence-corrected chi connectivity index (χ4v) is 6.53. The molecule has 0 aliphatic rings. The quantitative estimate of drug-likeness (QED) is 0.0619. The Morgan fingerprint density at radius 3 is 0.489 bits per heavy atom. The molecule has 94 heavy (non-hydrogen) atoms. The van der Waals surface area contributed by atoms with Gasteiger partial charge in [-0.15, -0.1) is 0 Å². The summed E-state index contributed by atoms with van der Waals surface area (Å²) < 4.78 is 305. The molecule has 528 valence electrons. The number of aliphatic hydroxyl groups excluding tert-OH is 1. The lowest BCUT2D eigenvalue weighted by Crippen LogP contribution is -2.51. The average molecular weight is 1480 g/mol. The number of benzene rings is 1. The monoisotopic (exact) mass is 1470 g/mol. The molecule has 2 N–H and O–H groups in total. The van der Waals surface area contributed by atoms with Crippen LogP contribution in [0.4, 0.5) is 94.3 Å². The van der Waals surface area contributed by atoms with Gasteiger partial charge in [-0.1, -0.05) is 0 Å². The number of halogens is 15. The molecule has 0 radical (unpaired) electrons. The number of rotatable bonds is 11. The Kier molecular flexibility index (Phi) is 28.5. The van der Waals surface area contributed by atoms with Crippen molar-refractivity contribution in [1.82, 2.24) is 0 Å². The molecule has 27 nitrogen and oxygen atoms in total. The third kappa shape index (κ3) is 24.3. The zero-order chi connectivity index (χ0) is 73.8. The van der Waals surface area contributed by atoms with Crippen LogP contribution < -0.4 is 47.3 Å². The van der Waals surface area contributed by atoms with Crippen molar-refractivity contribution < 1.29 is 164 Å². The molecular formula is C47H53F15N10O17S5. The molecule has 0 aliphatic heterocycles. The van der Waals surface area contributed by atoms with Crippen LogP contribution in [-0.4, -0.2) is 173 Å². The summed E-state index contributed by atoms with van der Waals surface area (Å²) in [4.78, 5) is 10.3. The fourth-order valence-electron chi connectivity index (χ4n) is 6.53. The summed E-state index contributed by atoms with van der Waals surface area (Å²) in [7, 11) is -10.3. The second kappa shape index (κ2) is 31.8. The normalized spacial score (nSPS) is 12.4. The lowest BCUT2D eigenvalue weighted by atomic mass is 10.0. The predicted molar refractivity (Wildman–Crippen MR) is 292 cm³/mol. The third-order valence-corrected chi connectivity index (χ3v) is 13.8. The Hall–Kier alpha value is -7.61. The topological polar surface area (TPSA) is 362 Å². The lowest BCUT2D eigenvalue weighted by molar-refractivity contribution is -0.671. The number of anilines is 5. The van der Waals surface area contributed by atoms with Crippen LogP contribution in [-0.2, 0) is 50.6 Å². The molecule has 6 aromatic rings. The molecule has 0 amide bonds. The van der Waals surface area contributed by atoms with Crippen molar-refractivity contribution in [2.24, 2.45) is 0 Å². The molecule has 0 fully saturated rings. The van der Waals surface area contributed by atoms with E-state index >= 15 is 0 Å². The second-order valence-corrected chi connectivity index (χ2v) is 25.7. The fraction of sp³-hybridized carbons (Fsp3) is 0.340. The van der Waals surface area contributed by atoms with Crippen molar-refractivity contribution in [3.8, 4) is 28.4 Å². The van der Waals surface area contributed by atoms with Gasteiger partial charge in [-0.25, -0.2) is 42.1 Å². The minimum Gasteiger partial charge on any atom is -0.741 e. The highest BCUT2D eigenvalue weighted by molar-refractivity contribution is 7.87. The maximum Gasteiger partial charge on any atom is 0.485 e. The number of aromatic nitrogens is 5. The first-order valence-electron chi connectivity index (χ1n) is 24.2. The first kappa shape index (κ1) is 84.4. The summed E-state index contributed by atoms with van der Waals surface area (Å²) in [5.41, 5.74) is -19.3. The molecule has 5 heterocycles. The number of pyridine rings is 5. The molecule has 0 saturated heterocycles. The Morgan fingerprint density at radius 1 is 0.287 bits per heavy atom. The largest absolute Gasteiger partial charge is 0.741 e. The van der Waals surface area contributed by atoms with Gasteiger partial charge in [-0.2, -0.15) is 88.7 Å². The minimum atomic E-state index is -6.09. The average Bonchev–Trinajstić information content (AvgIpc) is 0.718. The van der Waals surface area contributed by atoms with Gasteiger partial charge in [-0.3, -0.25) is 0 Å². The third-order valence-electron chi connectivity index (χ3n) is 11.0. The van der Waals surface area contributed by atoms with Crippen LogP contribution in [0.5, 0.6) is 0 Å².